The van der Waals surface area contributed by atoms with Crippen molar-refractivity contribution in [2.24, 2.45) is 0 Å². The third kappa shape index (κ3) is 7.54. The van der Waals surface area contributed by atoms with Gasteiger partial charge in [0.2, 0.25) is 0 Å². The molecule has 0 fully saturated rings. The van der Waals surface area contributed by atoms with Crippen LogP contribution in [0.3, 0.4) is 0 Å². The van der Waals surface area contributed by atoms with Gasteiger partial charge in [0.15, 0.2) is 0 Å². The van der Waals surface area contributed by atoms with Gasteiger partial charge in [-0.15, -0.1) is 0 Å². The maximum absolute atomic E-state index is 12.1. The first kappa shape index (κ1) is 20.4. The molecule has 1 aromatic carbocycles. The van der Waals surface area contributed by atoms with Gasteiger partial charge in [0, 0.05) is 10.7 Å². The number of carbonyl (C=O) groups is 1. The summed E-state index contributed by atoms with van der Waals surface area (Å²) in [6.07, 6.45) is 1.94. The van der Waals surface area contributed by atoms with Crippen LogP contribution in [-0.2, 0) is 22.5 Å². The average Bonchev–Trinajstić information content (AvgIpc) is 2.55. The maximum atomic E-state index is 12.1. The molecule has 2 aromatic rings. The minimum Gasteiger partial charge on any atom is -0.444 e. The number of amides is 1. The Balaban J connectivity index is 1.95. The summed E-state index contributed by atoms with van der Waals surface area (Å²) in [5, 5.41) is 2.90. The summed E-state index contributed by atoms with van der Waals surface area (Å²) in [6.45, 7) is 6.25. The summed E-state index contributed by atoms with van der Waals surface area (Å²) >= 11 is 3.46. The molecule has 1 N–H and O–H groups in total. The Kier molecular flexibility index (Phi) is 7.60. The van der Waals surface area contributed by atoms with Crippen LogP contribution < -0.4 is 5.32 Å². The van der Waals surface area contributed by atoms with Gasteiger partial charge in [-0.1, -0.05) is 30.3 Å². The lowest BCUT2D eigenvalue weighted by Crippen LogP contribution is -2.42. The van der Waals surface area contributed by atoms with E-state index in [-0.39, 0.29) is 6.04 Å². The molecule has 0 aliphatic rings. The fraction of sp³-hybridized carbons (Fsp3) is 0.400. The second kappa shape index (κ2) is 9.69. The van der Waals surface area contributed by atoms with E-state index in [1.807, 2.05) is 63.2 Å². The van der Waals surface area contributed by atoms with Gasteiger partial charge in [0.1, 0.15) is 5.60 Å². The minimum atomic E-state index is -0.541. The van der Waals surface area contributed by atoms with Crippen LogP contribution in [0, 0.1) is 0 Å². The van der Waals surface area contributed by atoms with Crippen molar-refractivity contribution in [3.8, 4) is 0 Å². The number of nitrogens with zero attached hydrogens (tertiary/aromatic N) is 1. The molecule has 140 valence electrons. The van der Waals surface area contributed by atoms with E-state index in [2.05, 4.69) is 26.2 Å². The third-order valence-electron chi connectivity index (χ3n) is 3.44. The van der Waals surface area contributed by atoms with Crippen molar-refractivity contribution < 1.29 is 14.3 Å². The molecule has 0 bridgehead atoms. The van der Waals surface area contributed by atoms with Crippen LogP contribution in [-0.4, -0.2) is 29.3 Å². The van der Waals surface area contributed by atoms with E-state index < -0.39 is 11.7 Å². The van der Waals surface area contributed by atoms with E-state index in [0.717, 1.165) is 15.7 Å². The number of aromatic nitrogens is 1. The summed E-state index contributed by atoms with van der Waals surface area (Å²) in [7, 11) is 0. The van der Waals surface area contributed by atoms with Crippen molar-refractivity contribution in [2.45, 2.75) is 45.4 Å². The first-order chi connectivity index (χ1) is 12.3. The zero-order valence-electron chi connectivity index (χ0n) is 15.4. The molecule has 1 heterocycles. The second-order valence-corrected chi connectivity index (χ2v) is 7.83. The molecule has 0 saturated heterocycles. The minimum absolute atomic E-state index is 0.199. The predicted molar refractivity (Wildman–Crippen MR) is 105 cm³/mol. The molecule has 0 radical (unpaired) electrons. The van der Waals surface area contributed by atoms with Gasteiger partial charge in [-0.05, 0) is 60.8 Å². The highest BCUT2D eigenvalue weighted by Gasteiger charge is 2.20. The highest BCUT2D eigenvalue weighted by molar-refractivity contribution is 9.10. The van der Waals surface area contributed by atoms with Crippen LogP contribution >= 0.6 is 15.9 Å². The van der Waals surface area contributed by atoms with E-state index in [0.29, 0.717) is 19.6 Å². The van der Waals surface area contributed by atoms with Gasteiger partial charge in [-0.3, -0.25) is 4.98 Å². The van der Waals surface area contributed by atoms with Crippen LogP contribution in [0.1, 0.15) is 32.0 Å². The van der Waals surface area contributed by atoms with Crippen LogP contribution in [0.2, 0.25) is 0 Å². The topological polar surface area (TPSA) is 60.5 Å². The Morgan fingerprint density at radius 2 is 1.92 bits per heavy atom. The normalized spacial score (nSPS) is 12.5. The van der Waals surface area contributed by atoms with Crippen LogP contribution in [0.25, 0.3) is 0 Å². The Labute approximate surface area is 163 Å². The first-order valence-electron chi connectivity index (χ1n) is 8.54. The number of hydrogen-bond acceptors (Lipinski definition) is 4. The molecule has 0 aliphatic heterocycles. The number of ether oxygens (including phenoxy) is 2. The largest absolute Gasteiger partial charge is 0.444 e. The molecule has 6 heteroatoms. The number of pyridine rings is 1. The number of benzene rings is 1. The highest BCUT2D eigenvalue weighted by Crippen LogP contribution is 2.14. The quantitative estimate of drug-likeness (QED) is 0.716. The monoisotopic (exact) mass is 420 g/mol. The summed E-state index contributed by atoms with van der Waals surface area (Å²) in [6, 6.07) is 13.6. The van der Waals surface area contributed by atoms with Crippen LogP contribution in [0.15, 0.2) is 53.1 Å². The van der Waals surface area contributed by atoms with Gasteiger partial charge < -0.3 is 14.8 Å². The zero-order chi connectivity index (χ0) is 19.0. The molecule has 5 nitrogen and oxygen atoms in total. The lowest BCUT2D eigenvalue weighted by molar-refractivity contribution is 0.0426. The van der Waals surface area contributed by atoms with Crippen molar-refractivity contribution >= 4 is 22.0 Å². The Morgan fingerprint density at radius 3 is 2.58 bits per heavy atom. The number of hydrogen-bond donors (Lipinski definition) is 1. The molecule has 1 amide bonds. The van der Waals surface area contributed by atoms with Crippen LogP contribution in [0.4, 0.5) is 4.79 Å². The number of halogens is 1. The number of alkyl carbamates (subject to hydrolysis) is 1. The van der Waals surface area contributed by atoms with Gasteiger partial charge in [-0.2, -0.15) is 0 Å². The summed E-state index contributed by atoms with van der Waals surface area (Å²) in [4.78, 5) is 16.4. The van der Waals surface area contributed by atoms with E-state index in [9.17, 15) is 4.79 Å². The molecule has 2 rings (SSSR count). The van der Waals surface area contributed by atoms with Gasteiger partial charge in [0.05, 0.1) is 24.9 Å². The van der Waals surface area contributed by atoms with Crippen molar-refractivity contribution in [1.82, 2.24) is 10.3 Å². The fourth-order valence-electron chi connectivity index (χ4n) is 2.35. The van der Waals surface area contributed by atoms with Crippen molar-refractivity contribution in [1.29, 1.82) is 0 Å². The molecule has 1 aromatic heterocycles. The van der Waals surface area contributed by atoms with Gasteiger partial charge in [0.25, 0.3) is 0 Å². The van der Waals surface area contributed by atoms with Crippen LogP contribution in [0.5, 0.6) is 0 Å². The Bertz CT molecular complexity index is 702. The van der Waals surface area contributed by atoms with Crippen molar-refractivity contribution in [3.05, 3.63) is 64.4 Å². The maximum Gasteiger partial charge on any atom is 0.407 e. The number of nitrogens with one attached hydrogen (secondary N) is 1. The zero-order valence-corrected chi connectivity index (χ0v) is 17.0. The molecule has 26 heavy (non-hydrogen) atoms. The Hall–Kier alpha value is -1.92. The molecule has 0 aliphatic carbocycles. The number of rotatable bonds is 7. The fourth-order valence-corrected chi connectivity index (χ4v) is 2.72. The van der Waals surface area contributed by atoms with Gasteiger partial charge in [-0.25, -0.2) is 4.79 Å². The third-order valence-corrected chi connectivity index (χ3v) is 4.16. The summed E-state index contributed by atoms with van der Waals surface area (Å²) in [5.41, 5.74) is 1.40. The molecule has 1 unspecified atom stereocenters. The van der Waals surface area contributed by atoms with Gasteiger partial charge >= 0.3 is 6.09 Å². The summed E-state index contributed by atoms with van der Waals surface area (Å²) < 4.78 is 12.1. The van der Waals surface area contributed by atoms with E-state index >= 15 is 0 Å². The lowest BCUT2D eigenvalue weighted by atomic mass is 10.1. The molecular formula is C20H25BrN2O3. The smallest absolute Gasteiger partial charge is 0.407 e. The van der Waals surface area contributed by atoms with Crippen molar-refractivity contribution in [3.63, 3.8) is 0 Å². The molecule has 0 saturated carbocycles. The van der Waals surface area contributed by atoms with E-state index in [1.165, 1.54) is 0 Å². The first-order valence-corrected chi connectivity index (χ1v) is 9.33. The molecule has 1 atom stereocenters. The molecular weight excluding hydrogens is 396 g/mol. The average molecular weight is 421 g/mol. The van der Waals surface area contributed by atoms with E-state index in [1.54, 1.807) is 6.20 Å². The Morgan fingerprint density at radius 1 is 1.19 bits per heavy atom. The standard InChI is InChI=1S/C20H25BrN2O3/c1-20(2,3)26-19(24)23-16(12-15-8-5-4-6-9-15)13-25-14-18-17(21)10-7-11-22-18/h4-11,16H,12-14H2,1-3H3,(H,23,24). The molecule has 0 spiro atoms. The SMILES string of the molecule is CC(C)(C)OC(=O)NC(COCc1ncccc1Br)Cc1ccccc1. The van der Waals surface area contributed by atoms with Crippen molar-refractivity contribution in [2.75, 3.05) is 6.61 Å². The highest BCUT2D eigenvalue weighted by atomic mass is 79.9. The summed E-state index contributed by atoms with van der Waals surface area (Å²) in [5.74, 6) is 0. The lowest BCUT2D eigenvalue weighted by Gasteiger charge is -2.24. The second-order valence-electron chi connectivity index (χ2n) is 6.98. The number of carbonyl (C=O) groups excluding carboxylic acids is 1. The predicted octanol–water partition coefficient (Wildman–Crippen LogP) is 4.50. The van der Waals surface area contributed by atoms with E-state index in [4.69, 9.17) is 9.47 Å².